The molecule has 0 saturated carbocycles. The fourth-order valence-corrected chi connectivity index (χ4v) is 2.01. The van der Waals surface area contributed by atoms with Gasteiger partial charge in [0.15, 0.2) is 0 Å². The third kappa shape index (κ3) is 4.85. The Kier molecular flexibility index (Phi) is 5.97. The quantitative estimate of drug-likeness (QED) is 0.733. The van der Waals surface area contributed by atoms with Gasteiger partial charge in [0.25, 0.3) is 0 Å². The molecule has 2 amide bonds. The lowest BCUT2D eigenvalue weighted by molar-refractivity contribution is -0.136. The van der Waals surface area contributed by atoms with Crippen molar-refractivity contribution in [3.05, 3.63) is 65.7 Å². The number of carbonyl (C=O) groups excluding carboxylic acids is 2. The van der Waals surface area contributed by atoms with Gasteiger partial charge in [0.05, 0.1) is 11.8 Å². The lowest BCUT2D eigenvalue weighted by Crippen LogP contribution is -2.36. The van der Waals surface area contributed by atoms with E-state index in [0.717, 1.165) is 12.1 Å². The highest BCUT2D eigenvalue weighted by Crippen LogP contribution is 2.16. The molecule has 5 nitrogen and oxygen atoms in total. The van der Waals surface area contributed by atoms with Crippen molar-refractivity contribution >= 4 is 17.5 Å². The van der Waals surface area contributed by atoms with Gasteiger partial charge in [0.1, 0.15) is 11.6 Å². The number of anilines is 1. The Bertz CT molecular complexity index is 723. The van der Waals surface area contributed by atoms with Gasteiger partial charge in [-0.1, -0.05) is 30.3 Å². The van der Waals surface area contributed by atoms with Crippen LogP contribution in [0.3, 0.4) is 0 Å². The van der Waals surface area contributed by atoms with Crippen LogP contribution in [0.1, 0.15) is 18.1 Å². The first kappa shape index (κ1) is 17.6. The summed E-state index contributed by atoms with van der Waals surface area (Å²) in [6, 6.07) is 11.5. The van der Waals surface area contributed by atoms with E-state index in [-0.39, 0.29) is 18.7 Å². The lowest BCUT2D eigenvalue weighted by atomic mass is 10.1. The SMILES string of the molecule is O=C(NCCC(O)c1ccccc1)C(=O)Nc1ccc(F)cc1F. The zero-order valence-electron chi connectivity index (χ0n) is 12.6. The first-order chi connectivity index (χ1) is 11.5. The number of hydrogen-bond acceptors (Lipinski definition) is 3. The predicted molar refractivity (Wildman–Crippen MR) is 84.0 cm³/mol. The number of benzene rings is 2. The molecule has 2 rings (SSSR count). The Morgan fingerprint density at radius 3 is 2.42 bits per heavy atom. The minimum Gasteiger partial charge on any atom is -0.388 e. The molecule has 3 N–H and O–H groups in total. The fraction of sp³-hybridized carbons (Fsp3) is 0.176. The maximum absolute atomic E-state index is 13.4. The minimum atomic E-state index is -1.07. The van der Waals surface area contributed by atoms with Gasteiger partial charge >= 0.3 is 11.8 Å². The summed E-state index contributed by atoms with van der Waals surface area (Å²) in [7, 11) is 0. The number of amides is 2. The number of hydrogen-bond donors (Lipinski definition) is 3. The molecule has 2 aromatic rings. The average molecular weight is 334 g/mol. The Labute approximate surface area is 137 Å². The summed E-state index contributed by atoms with van der Waals surface area (Å²) < 4.78 is 26.2. The Morgan fingerprint density at radius 1 is 1.04 bits per heavy atom. The highest BCUT2D eigenvalue weighted by Gasteiger charge is 2.16. The molecule has 0 aliphatic heterocycles. The molecule has 24 heavy (non-hydrogen) atoms. The molecule has 0 fully saturated rings. The molecule has 0 saturated heterocycles. The van der Waals surface area contributed by atoms with Gasteiger partial charge in [-0.2, -0.15) is 0 Å². The van der Waals surface area contributed by atoms with Gasteiger partial charge < -0.3 is 15.7 Å². The minimum absolute atomic E-state index is 0.0637. The maximum atomic E-state index is 13.4. The van der Waals surface area contributed by atoms with Gasteiger partial charge in [-0.05, 0) is 24.1 Å². The van der Waals surface area contributed by atoms with Crippen molar-refractivity contribution in [3.63, 3.8) is 0 Å². The monoisotopic (exact) mass is 334 g/mol. The zero-order chi connectivity index (χ0) is 17.5. The molecule has 0 aliphatic carbocycles. The fourth-order valence-electron chi connectivity index (χ4n) is 2.01. The molecule has 7 heteroatoms. The van der Waals surface area contributed by atoms with Gasteiger partial charge in [-0.3, -0.25) is 9.59 Å². The molecule has 0 spiro atoms. The first-order valence-electron chi connectivity index (χ1n) is 7.24. The zero-order valence-corrected chi connectivity index (χ0v) is 12.6. The van der Waals surface area contributed by atoms with Crippen molar-refractivity contribution < 1.29 is 23.5 Å². The van der Waals surface area contributed by atoms with Gasteiger partial charge in [-0.25, -0.2) is 8.78 Å². The van der Waals surface area contributed by atoms with Crippen LogP contribution in [0, 0.1) is 11.6 Å². The van der Waals surface area contributed by atoms with Crippen molar-refractivity contribution in [2.45, 2.75) is 12.5 Å². The third-order valence-corrected chi connectivity index (χ3v) is 3.27. The van der Waals surface area contributed by atoms with Gasteiger partial charge in [0.2, 0.25) is 0 Å². The topological polar surface area (TPSA) is 78.4 Å². The number of aliphatic hydroxyl groups is 1. The second-order valence-electron chi connectivity index (χ2n) is 5.05. The molecule has 126 valence electrons. The molecule has 2 aromatic carbocycles. The molecule has 0 aromatic heterocycles. The Balaban J connectivity index is 1.80. The van der Waals surface area contributed by atoms with E-state index in [2.05, 4.69) is 10.6 Å². The third-order valence-electron chi connectivity index (χ3n) is 3.27. The molecule has 0 aliphatic rings. The van der Waals surface area contributed by atoms with Crippen molar-refractivity contribution in [3.8, 4) is 0 Å². The Morgan fingerprint density at radius 2 is 1.75 bits per heavy atom. The molecular weight excluding hydrogens is 318 g/mol. The summed E-state index contributed by atoms with van der Waals surface area (Å²) in [4.78, 5) is 23.3. The molecule has 0 heterocycles. The largest absolute Gasteiger partial charge is 0.388 e. The standard InChI is InChI=1S/C17H16F2N2O3/c18-12-6-7-14(13(19)10-12)21-17(24)16(23)20-9-8-15(22)11-4-2-1-3-5-11/h1-7,10,15,22H,8-9H2,(H,20,23)(H,21,24). The number of rotatable bonds is 5. The van der Waals surface area contributed by atoms with Gasteiger partial charge in [0, 0.05) is 12.6 Å². The number of halogens is 2. The van der Waals surface area contributed by atoms with Crippen LogP contribution in [0.5, 0.6) is 0 Å². The smallest absolute Gasteiger partial charge is 0.313 e. The normalized spacial score (nSPS) is 11.6. The van der Waals surface area contributed by atoms with Crippen molar-refractivity contribution in [2.75, 3.05) is 11.9 Å². The molecular formula is C17H16F2N2O3. The molecule has 0 bridgehead atoms. The van der Waals surface area contributed by atoms with Crippen LogP contribution in [-0.4, -0.2) is 23.5 Å². The van der Waals surface area contributed by atoms with E-state index in [1.807, 2.05) is 6.07 Å². The van der Waals surface area contributed by atoms with Crippen LogP contribution < -0.4 is 10.6 Å². The first-order valence-corrected chi connectivity index (χ1v) is 7.24. The molecule has 0 radical (unpaired) electrons. The highest BCUT2D eigenvalue weighted by molar-refractivity contribution is 6.39. The van der Waals surface area contributed by atoms with Crippen LogP contribution in [0.4, 0.5) is 14.5 Å². The summed E-state index contributed by atoms with van der Waals surface area (Å²) in [6.45, 7) is 0.0637. The summed E-state index contributed by atoms with van der Waals surface area (Å²) in [5.41, 5.74) is 0.408. The predicted octanol–water partition coefficient (Wildman–Crippen LogP) is 2.14. The summed E-state index contributed by atoms with van der Waals surface area (Å²) in [5, 5.41) is 14.3. The van der Waals surface area contributed by atoms with E-state index in [1.165, 1.54) is 0 Å². The van der Waals surface area contributed by atoms with Crippen LogP contribution >= 0.6 is 0 Å². The van der Waals surface area contributed by atoms with E-state index >= 15 is 0 Å². The number of nitrogens with one attached hydrogen (secondary N) is 2. The number of aliphatic hydroxyl groups excluding tert-OH is 1. The summed E-state index contributed by atoms with van der Waals surface area (Å²) in [6.07, 6.45) is -0.558. The van der Waals surface area contributed by atoms with E-state index < -0.39 is 29.6 Å². The van der Waals surface area contributed by atoms with Crippen LogP contribution in [0.25, 0.3) is 0 Å². The van der Waals surface area contributed by atoms with E-state index in [1.54, 1.807) is 24.3 Å². The van der Waals surface area contributed by atoms with Crippen molar-refractivity contribution in [1.82, 2.24) is 5.32 Å². The van der Waals surface area contributed by atoms with Gasteiger partial charge in [-0.15, -0.1) is 0 Å². The highest BCUT2D eigenvalue weighted by atomic mass is 19.1. The summed E-state index contributed by atoms with van der Waals surface area (Å²) >= 11 is 0. The van der Waals surface area contributed by atoms with E-state index in [4.69, 9.17) is 0 Å². The molecule has 1 atom stereocenters. The average Bonchev–Trinajstić information content (AvgIpc) is 2.57. The number of carbonyl (C=O) groups is 2. The second-order valence-corrected chi connectivity index (χ2v) is 5.05. The van der Waals surface area contributed by atoms with Crippen LogP contribution in [0.15, 0.2) is 48.5 Å². The van der Waals surface area contributed by atoms with E-state index in [0.29, 0.717) is 11.6 Å². The second kappa shape index (κ2) is 8.16. The lowest BCUT2D eigenvalue weighted by Gasteiger charge is -2.11. The van der Waals surface area contributed by atoms with Crippen molar-refractivity contribution in [2.24, 2.45) is 0 Å². The van der Waals surface area contributed by atoms with Crippen LogP contribution in [-0.2, 0) is 9.59 Å². The molecule has 1 unspecified atom stereocenters. The van der Waals surface area contributed by atoms with Crippen molar-refractivity contribution in [1.29, 1.82) is 0 Å². The maximum Gasteiger partial charge on any atom is 0.313 e. The summed E-state index contributed by atoms with van der Waals surface area (Å²) in [5.74, 6) is -3.81. The Hall–Kier alpha value is -2.80. The van der Waals surface area contributed by atoms with E-state index in [9.17, 15) is 23.5 Å². The van der Waals surface area contributed by atoms with Crippen LogP contribution in [0.2, 0.25) is 0 Å².